The highest BCUT2D eigenvalue weighted by atomic mass is 16.2. The molecule has 0 saturated heterocycles. The van der Waals surface area contributed by atoms with Crippen molar-refractivity contribution in [2.75, 3.05) is 5.32 Å². The monoisotopic (exact) mass is 296 g/mol. The van der Waals surface area contributed by atoms with Crippen LogP contribution in [0.15, 0.2) is 53.9 Å². The number of anilines is 1. The van der Waals surface area contributed by atoms with E-state index in [1.807, 2.05) is 12.1 Å². The third-order valence-corrected chi connectivity index (χ3v) is 2.89. The Morgan fingerprint density at radius 2 is 1.59 bits per heavy atom. The zero-order chi connectivity index (χ0) is 15.9. The Hall–Kier alpha value is -3.02. The van der Waals surface area contributed by atoms with Gasteiger partial charge in [-0.3, -0.25) is 14.6 Å². The number of pyridine rings is 1. The topological polar surface area (TPSA) is 83.5 Å². The highest BCUT2D eigenvalue weighted by Crippen LogP contribution is 2.10. The molecule has 0 aliphatic rings. The van der Waals surface area contributed by atoms with Crippen LogP contribution < -0.4 is 10.7 Å². The molecule has 0 aliphatic carbocycles. The minimum absolute atomic E-state index is 0.122. The Bertz CT molecular complexity index is 694. The highest BCUT2D eigenvalue weighted by Gasteiger charge is 2.04. The predicted molar refractivity (Wildman–Crippen MR) is 84.7 cm³/mol. The van der Waals surface area contributed by atoms with Crippen molar-refractivity contribution < 1.29 is 9.59 Å². The number of benzene rings is 1. The Morgan fingerprint density at radius 3 is 2.18 bits per heavy atom. The molecule has 1 aromatic heterocycles. The number of rotatable bonds is 4. The third-order valence-electron chi connectivity index (χ3n) is 2.89. The summed E-state index contributed by atoms with van der Waals surface area (Å²) in [5.74, 6) is -0.417. The fourth-order valence-electron chi connectivity index (χ4n) is 1.77. The summed E-state index contributed by atoms with van der Waals surface area (Å²) in [4.78, 5) is 26.7. The molecule has 22 heavy (non-hydrogen) atoms. The summed E-state index contributed by atoms with van der Waals surface area (Å²) in [6.45, 7) is 3.25. The lowest BCUT2D eigenvalue weighted by Crippen LogP contribution is -2.19. The van der Waals surface area contributed by atoms with Gasteiger partial charge in [-0.2, -0.15) is 5.10 Å². The van der Waals surface area contributed by atoms with Crippen LogP contribution in [0.2, 0.25) is 0 Å². The van der Waals surface area contributed by atoms with Crippen LogP contribution in [0.3, 0.4) is 0 Å². The van der Waals surface area contributed by atoms with E-state index in [9.17, 15) is 9.59 Å². The van der Waals surface area contributed by atoms with Gasteiger partial charge in [0.25, 0.3) is 5.91 Å². The lowest BCUT2D eigenvalue weighted by atomic mass is 10.1. The van der Waals surface area contributed by atoms with Gasteiger partial charge in [0.05, 0.1) is 5.71 Å². The molecular formula is C16H16N4O2. The van der Waals surface area contributed by atoms with Crippen molar-refractivity contribution >= 4 is 23.2 Å². The minimum atomic E-state index is -0.295. The van der Waals surface area contributed by atoms with E-state index in [4.69, 9.17) is 0 Å². The lowest BCUT2D eigenvalue weighted by molar-refractivity contribution is -0.114. The first-order valence-corrected chi connectivity index (χ1v) is 6.69. The molecule has 0 fully saturated rings. The van der Waals surface area contributed by atoms with E-state index in [0.717, 1.165) is 5.56 Å². The second-order valence-corrected chi connectivity index (χ2v) is 4.63. The Labute approximate surface area is 128 Å². The van der Waals surface area contributed by atoms with Crippen molar-refractivity contribution in [3.05, 3.63) is 59.9 Å². The van der Waals surface area contributed by atoms with Gasteiger partial charge in [-0.15, -0.1) is 0 Å². The SMILES string of the molecule is CC(=O)Nc1ccc(/C(C)=N/NC(=O)c2ccncc2)cc1. The van der Waals surface area contributed by atoms with Crippen LogP contribution in [0.5, 0.6) is 0 Å². The minimum Gasteiger partial charge on any atom is -0.326 e. The number of nitrogens with one attached hydrogen (secondary N) is 2. The first-order chi connectivity index (χ1) is 10.6. The molecule has 2 N–H and O–H groups in total. The maximum Gasteiger partial charge on any atom is 0.271 e. The van der Waals surface area contributed by atoms with Crippen molar-refractivity contribution in [1.29, 1.82) is 0 Å². The second kappa shape index (κ2) is 7.12. The van der Waals surface area contributed by atoms with Crippen LogP contribution in [0, 0.1) is 0 Å². The number of hydrazone groups is 1. The lowest BCUT2D eigenvalue weighted by Gasteiger charge is -2.05. The Morgan fingerprint density at radius 1 is 0.955 bits per heavy atom. The van der Waals surface area contributed by atoms with Crippen LogP contribution in [-0.4, -0.2) is 22.5 Å². The van der Waals surface area contributed by atoms with Crippen molar-refractivity contribution in [1.82, 2.24) is 10.4 Å². The van der Waals surface area contributed by atoms with Crippen molar-refractivity contribution in [2.24, 2.45) is 5.10 Å². The first-order valence-electron chi connectivity index (χ1n) is 6.69. The molecule has 1 heterocycles. The summed E-state index contributed by atoms with van der Waals surface area (Å²) in [6, 6.07) is 10.4. The average molecular weight is 296 g/mol. The van der Waals surface area contributed by atoms with E-state index in [0.29, 0.717) is 17.0 Å². The van der Waals surface area contributed by atoms with Crippen molar-refractivity contribution in [2.45, 2.75) is 13.8 Å². The van der Waals surface area contributed by atoms with Crippen LogP contribution in [0.1, 0.15) is 29.8 Å². The van der Waals surface area contributed by atoms with Gasteiger partial charge in [-0.05, 0) is 36.8 Å². The van der Waals surface area contributed by atoms with E-state index < -0.39 is 0 Å². The molecule has 112 valence electrons. The molecule has 0 aliphatic heterocycles. The number of hydrogen-bond donors (Lipinski definition) is 2. The van der Waals surface area contributed by atoms with E-state index >= 15 is 0 Å². The molecule has 0 atom stereocenters. The van der Waals surface area contributed by atoms with Gasteiger partial charge in [-0.25, -0.2) is 5.43 Å². The van der Waals surface area contributed by atoms with Crippen LogP contribution >= 0.6 is 0 Å². The predicted octanol–water partition coefficient (Wildman–Crippen LogP) is 2.19. The molecule has 6 nitrogen and oxygen atoms in total. The molecule has 2 rings (SSSR count). The highest BCUT2D eigenvalue weighted by molar-refractivity contribution is 6.01. The van der Waals surface area contributed by atoms with Gasteiger partial charge in [0.1, 0.15) is 0 Å². The largest absolute Gasteiger partial charge is 0.326 e. The average Bonchev–Trinajstić information content (AvgIpc) is 2.53. The smallest absolute Gasteiger partial charge is 0.271 e. The summed E-state index contributed by atoms with van der Waals surface area (Å²) >= 11 is 0. The van der Waals surface area contributed by atoms with Gasteiger partial charge in [0.2, 0.25) is 5.91 Å². The van der Waals surface area contributed by atoms with E-state index in [2.05, 4.69) is 20.8 Å². The van der Waals surface area contributed by atoms with Gasteiger partial charge in [0, 0.05) is 30.6 Å². The molecule has 0 saturated carbocycles. The summed E-state index contributed by atoms with van der Waals surface area (Å²) in [5.41, 5.74) is 5.22. The molecule has 2 aromatic rings. The molecular weight excluding hydrogens is 280 g/mol. The molecule has 6 heteroatoms. The second-order valence-electron chi connectivity index (χ2n) is 4.63. The molecule has 1 aromatic carbocycles. The van der Waals surface area contributed by atoms with Crippen molar-refractivity contribution in [3.8, 4) is 0 Å². The van der Waals surface area contributed by atoms with E-state index in [1.54, 1.807) is 43.6 Å². The number of nitrogens with zero attached hydrogens (tertiary/aromatic N) is 2. The molecule has 0 spiro atoms. The zero-order valence-corrected chi connectivity index (χ0v) is 12.3. The standard InChI is InChI=1S/C16H16N4O2/c1-11(13-3-5-15(6-4-13)18-12(2)21)19-20-16(22)14-7-9-17-10-8-14/h3-10H,1-2H3,(H,18,21)(H,20,22)/b19-11+. The number of carbonyl (C=O) groups excluding carboxylic acids is 2. The van der Waals surface area contributed by atoms with Crippen LogP contribution in [-0.2, 0) is 4.79 Å². The Balaban J connectivity index is 2.03. The van der Waals surface area contributed by atoms with Crippen LogP contribution in [0.25, 0.3) is 0 Å². The maximum atomic E-state index is 11.9. The van der Waals surface area contributed by atoms with Gasteiger partial charge in [0.15, 0.2) is 0 Å². The van der Waals surface area contributed by atoms with Crippen molar-refractivity contribution in [3.63, 3.8) is 0 Å². The molecule has 0 radical (unpaired) electrons. The molecule has 0 unspecified atom stereocenters. The molecule has 2 amide bonds. The quantitative estimate of drug-likeness (QED) is 0.670. The summed E-state index contributed by atoms with van der Waals surface area (Å²) < 4.78 is 0. The van der Waals surface area contributed by atoms with E-state index in [-0.39, 0.29) is 11.8 Å². The Kier molecular flexibility index (Phi) is 4.98. The van der Waals surface area contributed by atoms with Gasteiger partial charge in [-0.1, -0.05) is 12.1 Å². The summed E-state index contributed by atoms with van der Waals surface area (Å²) in [6.07, 6.45) is 3.10. The number of carbonyl (C=O) groups is 2. The first kappa shape index (κ1) is 15.4. The number of aromatic nitrogens is 1. The summed E-state index contributed by atoms with van der Waals surface area (Å²) in [5, 5.41) is 6.76. The fraction of sp³-hybridized carbons (Fsp3) is 0.125. The summed E-state index contributed by atoms with van der Waals surface area (Å²) in [7, 11) is 0. The third kappa shape index (κ3) is 4.24. The fourth-order valence-corrected chi connectivity index (χ4v) is 1.77. The van der Waals surface area contributed by atoms with E-state index in [1.165, 1.54) is 6.92 Å². The number of hydrogen-bond acceptors (Lipinski definition) is 4. The number of amides is 2. The molecule has 0 bridgehead atoms. The normalized spacial score (nSPS) is 10.9. The van der Waals surface area contributed by atoms with Gasteiger partial charge >= 0.3 is 0 Å². The zero-order valence-electron chi connectivity index (χ0n) is 12.3. The maximum absolute atomic E-state index is 11.9. The van der Waals surface area contributed by atoms with Crippen LogP contribution in [0.4, 0.5) is 5.69 Å². The van der Waals surface area contributed by atoms with Gasteiger partial charge < -0.3 is 5.32 Å².